The molecule has 0 radical (unpaired) electrons. The summed E-state index contributed by atoms with van der Waals surface area (Å²) in [5.41, 5.74) is 1.41. The number of amides is 1. The summed E-state index contributed by atoms with van der Waals surface area (Å²) in [7, 11) is 0. The molecule has 3 atom stereocenters. The van der Waals surface area contributed by atoms with Gasteiger partial charge in [0.15, 0.2) is 0 Å². The van der Waals surface area contributed by atoms with Gasteiger partial charge >= 0.3 is 0 Å². The van der Waals surface area contributed by atoms with Crippen LogP contribution in [0.25, 0.3) is 0 Å². The number of carbonyl (C=O) groups is 1. The molecular formula is C19H28N2O. The molecule has 3 unspecified atom stereocenters. The number of nitrogens with zero attached hydrogens (tertiary/aromatic N) is 1. The highest BCUT2D eigenvalue weighted by Gasteiger charge is 2.27. The summed E-state index contributed by atoms with van der Waals surface area (Å²) in [4.78, 5) is 14.6. The molecule has 1 aliphatic heterocycles. The molecule has 0 spiro atoms. The molecule has 0 aromatic heterocycles. The number of rotatable bonds is 4. The Morgan fingerprint density at radius 3 is 2.73 bits per heavy atom. The largest absolute Gasteiger partial charge is 0.352 e. The average Bonchev–Trinajstić information content (AvgIpc) is 2.99. The lowest BCUT2D eigenvalue weighted by atomic mass is 9.86. The van der Waals surface area contributed by atoms with E-state index in [0.717, 1.165) is 25.9 Å². The second-order valence-electron chi connectivity index (χ2n) is 7.07. The Hall–Kier alpha value is -1.35. The zero-order valence-electron chi connectivity index (χ0n) is 13.6. The molecule has 22 heavy (non-hydrogen) atoms. The van der Waals surface area contributed by atoms with Crippen LogP contribution in [-0.4, -0.2) is 36.5 Å². The van der Waals surface area contributed by atoms with Crippen LogP contribution >= 0.6 is 0 Å². The van der Waals surface area contributed by atoms with E-state index in [0.29, 0.717) is 24.4 Å². The summed E-state index contributed by atoms with van der Waals surface area (Å²) in [6, 6.07) is 11.1. The molecule has 1 saturated heterocycles. The topological polar surface area (TPSA) is 32.3 Å². The SMILES string of the molecule is CC1CCCCC1NC(=O)CN1CCC(c2ccccc2)C1. The molecule has 1 aliphatic carbocycles. The number of likely N-dealkylation sites (tertiary alicyclic amines) is 1. The van der Waals surface area contributed by atoms with Gasteiger partial charge in [-0.1, -0.05) is 50.1 Å². The van der Waals surface area contributed by atoms with Crippen LogP contribution in [0.2, 0.25) is 0 Å². The van der Waals surface area contributed by atoms with E-state index >= 15 is 0 Å². The zero-order valence-corrected chi connectivity index (χ0v) is 13.6. The molecule has 1 amide bonds. The van der Waals surface area contributed by atoms with Crippen molar-refractivity contribution in [2.24, 2.45) is 5.92 Å². The first-order valence-electron chi connectivity index (χ1n) is 8.79. The fourth-order valence-electron chi connectivity index (χ4n) is 3.96. The van der Waals surface area contributed by atoms with Crippen LogP contribution in [0.15, 0.2) is 30.3 Å². The van der Waals surface area contributed by atoms with Crippen molar-refractivity contribution in [1.82, 2.24) is 10.2 Å². The molecule has 2 fully saturated rings. The molecule has 1 aromatic rings. The first-order valence-corrected chi connectivity index (χ1v) is 8.79. The Labute approximate surface area is 134 Å². The lowest BCUT2D eigenvalue weighted by molar-refractivity contribution is -0.123. The molecular weight excluding hydrogens is 272 g/mol. The van der Waals surface area contributed by atoms with E-state index in [1.807, 2.05) is 0 Å². The highest BCUT2D eigenvalue weighted by atomic mass is 16.2. The Morgan fingerprint density at radius 2 is 1.95 bits per heavy atom. The van der Waals surface area contributed by atoms with Crippen LogP contribution in [0.1, 0.15) is 50.5 Å². The molecule has 1 saturated carbocycles. The maximum absolute atomic E-state index is 12.3. The van der Waals surface area contributed by atoms with Crippen molar-refractivity contribution in [3.05, 3.63) is 35.9 Å². The van der Waals surface area contributed by atoms with Gasteiger partial charge in [-0.15, -0.1) is 0 Å². The monoisotopic (exact) mass is 300 g/mol. The molecule has 3 heteroatoms. The standard InChI is InChI=1S/C19H28N2O/c1-15-7-5-6-10-18(15)20-19(22)14-21-12-11-17(13-21)16-8-3-2-4-9-16/h2-4,8-9,15,17-18H,5-7,10-14H2,1H3,(H,20,22). The smallest absolute Gasteiger partial charge is 0.234 e. The predicted molar refractivity (Wildman–Crippen MR) is 89.8 cm³/mol. The van der Waals surface area contributed by atoms with Crippen molar-refractivity contribution < 1.29 is 4.79 Å². The van der Waals surface area contributed by atoms with Crippen molar-refractivity contribution in [2.45, 2.75) is 51.0 Å². The van der Waals surface area contributed by atoms with Crippen LogP contribution in [0.3, 0.4) is 0 Å². The van der Waals surface area contributed by atoms with E-state index < -0.39 is 0 Å². The molecule has 1 heterocycles. The van der Waals surface area contributed by atoms with Crippen molar-refractivity contribution in [3.8, 4) is 0 Å². The third-order valence-corrected chi connectivity index (χ3v) is 5.37. The first kappa shape index (κ1) is 15.5. The van der Waals surface area contributed by atoms with Crippen molar-refractivity contribution >= 4 is 5.91 Å². The van der Waals surface area contributed by atoms with Gasteiger partial charge in [-0.25, -0.2) is 0 Å². The van der Waals surface area contributed by atoms with Gasteiger partial charge in [0.25, 0.3) is 0 Å². The number of benzene rings is 1. The average molecular weight is 300 g/mol. The molecule has 1 aromatic carbocycles. The van der Waals surface area contributed by atoms with E-state index in [-0.39, 0.29) is 5.91 Å². The van der Waals surface area contributed by atoms with E-state index in [4.69, 9.17) is 0 Å². The number of nitrogens with one attached hydrogen (secondary N) is 1. The lowest BCUT2D eigenvalue weighted by Crippen LogP contribution is -2.45. The molecule has 120 valence electrons. The van der Waals surface area contributed by atoms with Crippen LogP contribution in [0.5, 0.6) is 0 Å². The normalized spacial score (nSPS) is 29.4. The third-order valence-electron chi connectivity index (χ3n) is 5.37. The second kappa shape index (κ2) is 7.28. The van der Waals surface area contributed by atoms with Gasteiger partial charge < -0.3 is 5.32 Å². The van der Waals surface area contributed by atoms with Gasteiger partial charge in [0.05, 0.1) is 6.54 Å². The summed E-state index contributed by atoms with van der Waals surface area (Å²) >= 11 is 0. The van der Waals surface area contributed by atoms with Gasteiger partial charge in [-0.3, -0.25) is 9.69 Å². The maximum atomic E-state index is 12.3. The Morgan fingerprint density at radius 1 is 1.18 bits per heavy atom. The van der Waals surface area contributed by atoms with Gasteiger partial charge in [-0.05, 0) is 43.2 Å². The van der Waals surface area contributed by atoms with Crippen molar-refractivity contribution in [2.75, 3.05) is 19.6 Å². The minimum Gasteiger partial charge on any atom is -0.352 e. The number of hydrogen-bond acceptors (Lipinski definition) is 2. The van der Waals surface area contributed by atoms with Gasteiger partial charge in [0.2, 0.25) is 5.91 Å². The third kappa shape index (κ3) is 3.89. The number of carbonyl (C=O) groups excluding carboxylic acids is 1. The predicted octanol–water partition coefficient (Wildman–Crippen LogP) is 3.17. The van der Waals surface area contributed by atoms with Crippen molar-refractivity contribution in [3.63, 3.8) is 0 Å². The quantitative estimate of drug-likeness (QED) is 0.926. The van der Waals surface area contributed by atoms with E-state index in [1.54, 1.807) is 0 Å². The maximum Gasteiger partial charge on any atom is 0.234 e. The molecule has 2 aliphatic rings. The zero-order chi connectivity index (χ0) is 15.4. The van der Waals surface area contributed by atoms with E-state index in [2.05, 4.69) is 47.5 Å². The second-order valence-corrected chi connectivity index (χ2v) is 7.07. The van der Waals surface area contributed by atoms with Crippen LogP contribution in [0.4, 0.5) is 0 Å². The minimum absolute atomic E-state index is 0.215. The molecule has 1 N–H and O–H groups in total. The molecule has 3 rings (SSSR count). The fourth-order valence-corrected chi connectivity index (χ4v) is 3.96. The Bertz CT molecular complexity index is 487. The van der Waals surface area contributed by atoms with Crippen molar-refractivity contribution in [1.29, 1.82) is 0 Å². The highest BCUT2D eigenvalue weighted by Crippen LogP contribution is 2.27. The fraction of sp³-hybridized carbons (Fsp3) is 0.632. The summed E-state index contributed by atoms with van der Waals surface area (Å²) in [6.45, 7) is 4.88. The van der Waals surface area contributed by atoms with Crippen LogP contribution in [-0.2, 0) is 4.79 Å². The minimum atomic E-state index is 0.215. The van der Waals surface area contributed by atoms with Crippen LogP contribution < -0.4 is 5.32 Å². The van der Waals surface area contributed by atoms with Gasteiger partial charge in [-0.2, -0.15) is 0 Å². The van der Waals surface area contributed by atoms with Gasteiger partial charge in [0.1, 0.15) is 0 Å². The molecule has 0 bridgehead atoms. The van der Waals surface area contributed by atoms with Crippen LogP contribution in [0, 0.1) is 5.92 Å². The highest BCUT2D eigenvalue weighted by molar-refractivity contribution is 5.78. The summed E-state index contributed by atoms with van der Waals surface area (Å²) in [5.74, 6) is 1.43. The molecule has 3 nitrogen and oxygen atoms in total. The first-order chi connectivity index (χ1) is 10.7. The number of hydrogen-bond donors (Lipinski definition) is 1. The lowest BCUT2D eigenvalue weighted by Gasteiger charge is -2.30. The summed E-state index contributed by atoms with van der Waals surface area (Å²) in [5, 5.41) is 3.27. The summed E-state index contributed by atoms with van der Waals surface area (Å²) in [6.07, 6.45) is 6.15. The Kier molecular flexibility index (Phi) is 5.14. The van der Waals surface area contributed by atoms with E-state index in [9.17, 15) is 4.79 Å². The Balaban J connectivity index is 1.46. The van der Waals surface area contributed by atoms with E-state index in [1.165, 1.54) is 24.8 Å². The van der Waals surface area contributed by atoms with Gasteiger partial charge in [0, 0.05) is 12.6 Å². The summed E-state index contributed by atoms with van der Waals surface area (Å²) < 4.78 is 0.